The Labute approximate surface area is 139 Å². The smallest absolute Gasteiger partial charge is 0.345 e. The van der Waals surface area contributed by atoms with Gasteiger partial charge in [-0.3, -0.25) is 4.90 Å². The quantitative estimate of drug-likeness (QED) is 0.853. The summed E-state index contributed by atoms with van der Waals surface area (Å²) in [5, 5.41) is 3.24. The molecule has 0 saturated carbocycles. The number of ether oxygens (including phenoxy) is 1. The molecular weight excluding hydrogens is 321 g/mol. The molecule has 2 saturated heterocycles. The SMILES string of the molecule is COC(=O)[C@]1(F)CN(C2CCNCC2)C[C@H]1c1ccc(F)cc1F. The molecule has 24 heavy (non-hydrogen) atoms. The van der Waals surface area contributed by atoms with Gasteiger partial charge in [0.05, 0.1) is 7.11 Å². The van der Waals surface area contributed by atoms with E-state index in [2.05, 4.69) is 10.1 Å². The molecule has 3 rings (SSSR count). The Hall–Kier alpha value is -1.60. The summed E-state index contributed by atoms with van der Waals surface area (Å²) in [6.45, 7) is 1.73. The van der Waals surface area contributed by atoms with Crippen molar-refractivity contribution in [3.8, 4) is 0 Å². The Bertz CT molecular complexity index is 622. The van der Waals surface area contributed by atoms with Gasteiger partial charge >= 0.3 is 5.97 Å². The van der Waals surface area contributed by atoms with Crippen LogP contribution in [0.1, 0.15) is 24.3 Å². The lowest BCUT2D eigenvalue weighted by Crippen LogP contribution is -2.45. The summed E-state index contributed by atoms with van der Waals surface area (Å²) in [4.78, 5) is 14.0. The summed E-state index contributed by atoms with van der Waals surface area (Å²) in [5.41, 5.74) is -2.32. The molecule has 2 atom stereocenters. The fraction of sp³-hybridized carbons (Fsp3) is 0.588. The monoisotopic (exact) mass is 342 g/mol. The Balaban J connectivity index is 1.93. The predicted molar refractivity (Wildman–Crippen MR) is 82.4 cm³/mol. The van der Waals surface area contributed by atoms with Gasteiger partial charge in [0.15, 0.2) is 0 Å². The highest BCUT2D eigenvalue weighted by atomic mass is 19.1. The molecule has 0 aliphatic carbocycles. The summed E-state index contributed by atoms with van der Waals surface area (Å²) in [6.07, 6.45) is 1.69. The third-order valence-electron chi connectivity index (χ3n) is 5.09. The van der Waals surface area contributed by atoms with Crippen molar-refractivity contribution in [1.82, 2.24) is 10.2 Å². The molecule has 2 aliphatic heterocycles. The highest BCUT2D eigenvalue weighted by Gasteiger charge is 2.56. The maximum atomic E-state index is 15.5. The average molecular weight is 342 g/mol. The van der Waals surface area contributed by atoms with Gasteiger partial charge in [-0.15, -0.1) is 0 Å². The van der Waals surface area contributed by atoms with E-state index in [4.69, 9.17) is 0 Å². The molecule has 7 heteroatoms. The number of esters is 1. The van der Waals surface area contributed by atoms with E-state index in [1.54, 1.807) is 0 Å². The van der Waals surface area contributed by atoms with Crippen molar-refractivity contribution < 1.29 is 22.7 Å². The normalized spacial score (nSPS) is 28.9. The zero-order chi connectivity index (χ0) is 17.3. The van der Waals surface area contributed by atoms with E-state index in [-0.39, 0.29) is 24.7 Å². The standard InChI is InChI=1S/C17H21F3N2O2/c1-24-16(23)17(20)10-22(12-4-6-21-7-5-12)9-14(17)13-3-2-11(18)8-15(13)19/h2-3,8,12,14,21H,4-7,9-10H2,1H3/t14-,17-/m0/s1. The minimum Gasteiger partial charge on any atom is -0.467 e. The highest BCUT2D eigenvalue weighted by Crippen LogP contribution is 2.42. The Morgan fingerprint density at radius 3 is 2.67 bits per heavy atom. The Kier molecular flexibility index (Phi) is 4.83. The van der Waals surface area contributed by atoms with Crippen LogP contribution >= 0.6 is 0 Å². The number of nitrogens with one attached hydrogen (secondary N) is 1. The molecule has 2 heterocycles. The first-order chi connectivity index (χ1) is 11.5. The molecule has 132 valence electrons. The van der Waals surface area contributed by atoms with Gasteiger partial charge in [0.25, 0.3) is 0 Å². The van der Waals surface area contributed by atoms with Gasteiger partial charge in [-0.05, 0) is 37.6 Å². The van der Waals surface area contributed by atoms with Crippen molar-refractivity contribution in [2.45, 2.75) is 30.5 Å². The molecule has 0 unspecified atom stereocenters. The number of hydrogen-bond donors (Lipinski definition) is 1. The van der Waals surface area contributed by atoms with Crippen molar-refractivity contribution in [3.05, 3.63) is 35.4 Å². The van der Waals surface area contributed by atoms with Crippen LogP contribution in [-0.2, 0) is 9.53 Å². The number of methoxy groups -OCH3 is 1. The summed E-state index contributed by atoms with van der Waals surface area (Å²) in [6, 6.07) is 3.17. The van der Waals surface area contributed by atoms with Gasteiger partial charge < -0.3 is 10.1 Å². The molecule has 1 aromatic carbocycles. The Morgan fingerprint density at radius 1 is 1.33 bits per heavy atom. The van der Waals surface area contributed by atoms with Gasteiger partial charge in [-0.25, -0.2) is 18.0 Å². The van der Waals surface area contributed by atoms with Crippen LogP contribution < -0.4 is 5.32 Å². The number of benzene rings is 1. The molecule has 1 N–H and O–H groups in total. The number of carbonyl (C=O) groups excluding carboxylic acids is 1. The van der Waals surface area contributed by atoms with E-state index in [1.807, 2.05) is 4.90 Å². The van der Waals surface area contributed by atoms with Crippen molar-refractivity contribution in [2.24, 2.45) is 0 Å². The van der Waals surface area contributed by atoms with Gasteiger partial charge in [0, 0.05) is 31.1 Å². The largest absolute Gasteiger partial charge is 0.467 e. The van der Waals surface area contributed by atoms with E-state index in [0.29, 0.717) is 0 Å². The summed E-state index contributed by atoms with van der Waals surface area (Å²) >= 11 is 0. The fourth-order valence-electron chi connectivity index (χ4n) is 3.80. The molecule has 4 nitrogen and oxygen atoms in total. The molecule has 0 aromatic heterocycles. The second-order valence-electron chi connectivity index (χ2n) is 6.48. The number of hydrogen-bond acceptors (Lipinski definition) is 4. The lowest BCUT2D eigenvalue weighted by Gasteiger charge is -2.31. The first-order valence-corrected chi connectivity index (χ1v) is 8.12. The number of carbonyl (C=O) groups is 1. The van der Waals surface area contributed by atoms with E-state index in [9.17, 15) is 13.6 Å². The van der Waals surface area contributed by atoms with Gasteiger partial charge in [-0.2, -0.15) is 0 Å². The number of piperidine rings is 1. The average Bonchev–Trinajstić information content (AvgIpc) is 2.94. The molecule has 0 bridgehead atoms. The second-order valence-corrected chi connectivity index (χ2v) is 6.48. The predicted octanol–water partition coefficient (Wildman–Crippen LogP) is 2.00. The van der Waals surface area contributed by atoms with Gasteiger partial charge in [0.1, 0.15) is 11.6 Å². The van der Waals surface area contributed by atoms with Gasteiger partial charge in [-0.1, -0.05) is 6.07 Å². The van der Waals surface area contributed by atoms with Crippen LogP contribution in [0.15, 0.2) is 18.2 Å². The number of rotatable bonds is 3. The van der Waals surface area contributed by atoms with Gasteiger partial charge in [0.2, 0.25) is 5.67 Å². The first kappa shape index (κ1) is 17.2. The summed E-state index contributed by atoms with van der Waals surface area (Å²) in [7, 11) is 1.12. The molecule has 0 radical (unpaired) electrons. The van der Waals surface area contributed by atoms with Crippen LogP contribution in [0.25, 0.3) is 0 Å². The van der Waals surface area contributed by atoms with Crippen LogP contribution in [-0.4, -0.2) is 55.9 Å². The number of halogens is 3. The molecule has 1 aromatic rings. The van der Waals surface area contributed by atoms with E-state index >= 15 is 4.39 Å². The molecular formula is C17H21F3N2O2. The lowest BCUT2D eigenvalue weighted by molar-refractivity contribution is -0.154. The number of nitrogens with zero attached hydrogens (tertiary/aromatic N) is 1. The molecule has 2 fully saturated rings. The van der Waals surface area contributed by atoms with Crippen molar-refractivity contribution in [2.75, 3.05) is 33.3 Å². The van der Waals surface area contributed by atoms with E-state index in [1.165, 1.54) is 6.07 Å². The number of alkyl halides is 1. The highest BCUT2D eigenvalue weighted by molar-refractivity contribution is 5.82. The third-order valence-corrected chi connectivity index (χ3v) is 5.09. The van der Waals surface area contributed by atoms with Crippen LogP contribution in [0.3, 0.4) is 0 Å². The number of likely N-dealkylation sites (tertiary alicyclic amines) is 1. The Morgan fingerprint density at radius 2 is 2.04 bits per heavy atom. The third kappa shape index (κ3) is 3.02. The van der Waals surface area contributed by atoms with Crippen molar-refractivity contribution in [3.63, 3.8) is 0 Å². The topological polar surface area (TPSA) is 41.6 Å². The minimum atomic E-state index is -2.34. The summed E-state index contributed by atoms with van der Waals surface area (Å²) < 4.78 is 47.6. The zero-order valence-corrected chi connectivity index (χ0v) is 13.5. The zero-order valence-electron chi connectivity index (χ0n) is 13.5. The van der Waals surface area contributed by atoms with Crippen LogP contribution in [0.5, 0.6) is 0 Å². The van der Waals surface area contributed by atoms with Crippen molar-refractivity contribution in [1.29, 1.82) is 0 Å². The van der Waals surface area contributed by atoms with E-state index in [0.717, 1.165) is 45.2 Å². The maximum absolute atomic E-state index is 15.5. The van der Waals surface area contributed by atoms with Crippen LogP contribution in [0, 0.1) is 11.6 Å². The first-order valence-electron chi connectivity index (χ1n) is 8.12. The molecule has 2 aliphatic rings. The fourth-order valence-corrected chi connectivity index (χ4v) is 3.80. The lowest BCUT2D eigenvalue weighted by atomic mass is 9.86. The van der Waals surface area contributed by atoms with Crippen LogP contribution in [0.4, 0.5) is 13.2 Å². The maximum Gasteiger partial charge on any atom is 0.345 e. The summed E-state index contributed by atoms with van der Waals surface area (Å²) in [5.74, 6) is -3.59. The molecule has 0 spiro atoms. The van der Waals surface area contributed by atoms with E-state index < -0.39 is 29.2 Å². The second kappa shape index (κ2) is 6.72. The van der Waals surface area contributed by atoms with Crippen molar-refractivity contribution >= 4 is 5.97 Å². The van der Waals surface area contributed by atoms with Crippen LogP contribution in [0.2, 0.25) is 0 Å². The minimum absolute atomic E-state index is 0.0146. The molecule has 0 amide bonds.